The monoisotopic (exact) mass is 279 g/mol. The summed E-state index contributed by atoms with van der Waals surface area (Å²) in [5.74, 6) is -0.322. The lowest BCUT2D eigenvalue weighted by Gasteiger charge is -2.12. The lowest BCUT2D eigenvalue weighted by Crippen LogP contribution is -2.10. The van der Waals surface area contributed by atoms with E-state index < -0.39 is 0 Å². The van der Waals surface area contributed by atoms with E-state index in [1.807, 2.05) is 19.1 Å². The molecule has 2 rings (SSSR count). The Hall–Kier alpha value is -1.38. The molecule has 0 fully saturated rings. The molecule has 2 nitrogen and oxygen atoms in total. The molecule has 1 heterocycles. The number of ketones is 1. The summed E-state index contributed by atoms with van der Waals surface area (Å²) in [4.78, 5) is 16.3. The van der Waals surface area contributed by atoms with E-state index in [0.29, 0.717) is 15.6 Å². The molecule has 1 unspecified atom stereocenters. The van der Waals surface area contributed by atoms with Crippen LogP contribution in [0, 0.1) is 0 Å². The molecule has 0 N–H and O–H groups in total. The number of hydrogen-bond donors (Lipinski definition) is 0. The van der Waals surface area contributed by atoms with Crippen molar-refractivity contribution >= 4 is 29.0 Å². The second-order valence-corrected chi connectivity index (χ2v) is 4.75. The van der Waals surface area contributed by atoms with Crippen LogP contribution in [-0.4, -0.2) is 10.8 Å². The second kappa shape index (κ2) is 5.51. The maximum Gasteiger partial charge on any atom is 0.171 e. The molecule has 0 aliphatic heterocycles. The Morgan fingerprint density at radius 3 is 2.50 bits per heavy atom. The SMILES string of the molecule is CC(C(=O)c1cccc(Cl)c1Cl)c1ccncc1. The van der Waals surface area contributed by atoms with Crippen LogP contribution in [0.5, 0.6) is 0 Å². The summed E-state index contributed by atoms with van der Waals surface area (Å²) < 4.78 is 0. The topological polar surface area (TPSA) is 30.0 Å². The van der Waals surface area contributed by atoms with Gasteiger partial charge in [-0.15, -0.1) is 0 Å². The first-order valence-electron chi connectivity index (χ1n) is 5.49. The molecular formula is C14H11Cl2NO. The first kappa shape index (κ1) is 13.1. The van der Waals surface area contributed by atoms with Crippen LogP contribution in [0.1, 0.15) is 28.8 Å². The Labute approximate surface area is 116 Å². The smallest absolute Gasteiger partial charge is 0.171 e. The van der Waals surface area contributed by atoms with Crippen LogP contribution in [0.3, 0.4) is 0 Å². The third-order valence-corrected chi connectivity index (χ3v) is 3.64. The van der Waals surface area contributed by atoms with E-state index in [1.165, 1.54) is 0 Å². The molecule has 18 heavy (non-hydrogen) atoms. The fourth-order valence-electron chi connectivity index (χ4n) is 1.73. The highest BCUT2D eigenvalue weighted by atomic mass is 35.5. The van der Waals surface area contributed by atoms with Crippen LogP contribution < -0.4 is 0 Å². The van der Waals surface area contributed by atoms with Crippen LogP contribution in [0.15, 0.2) is 42.7 Å². The summed E-state index contributed by atoms with van der Waals surface area (Å²) in [6.07, 6.45) is 3.33. The summed E-state index contributed by atoms with van der Waals surface area (Å²) >= 11 is 12.0. The molecule has 0 saturated carbocycles. The van der Waals surface area contributed by atoms with Gasteiger partial charge in [0.05, 0.1) is 10.0 Å². The molecule has 1 aromatic carbocycles. The molecule has 0 radical (unpaired) electrons. The number of aromatic nitrogens is 1. The van der Waals surface area contributed by atoms with Crippen LogP contribution in [0.25, 0.3) is 0 Å². The molecule has 0 aliphatic carbocycles. The fraction of sp³-hybridized carbons (Fsp3) is 0.143. The summed E-state index contributed by atoms with van der Waals surface area (Å²) in [6.45, 7) is 1.84. The van der Waals surface area contributed by atoms with Gasteiger partial charge in [0, 0.05) is 23.9 Å². The predicted molar refractivity (Wildman–Crippen MR) is 73.4 cm³/mol. The van der Waals surface area contributed by atoms with Gasteiger partial charge < -0.3 is 0 Å². The van der Waals surface area contributed by atoms with E-state index in [0.717, 1.165) is 5.56 Å². The first-order valence-corrected chi connectivity index (χ1v) is 6.25. The largest absolute Gasteiger partial charge is 0.293 e. The van der Waals surface area contributed by atoms with Crippen LogP contribution in [0.4, 0.5) is 0 Å². The molecule has 0 spiro atoms. The van der Waals surface area contributed by atoms with Gasteiger partial charge in [0.25, 0.3) is 0 Å². The maximum atomic E-state index is 12.4. The van der Waals surface area contributed by atoms with E-state index >= 15 is 0 Å². The van der Waals surface area contributed by atoms with Crippen molar-refractivity contribution in [1.82, 2.24) is 4.98 Å². The van der Waals surface area contributed by atoms with E-state index in [4.69, 9.17) is 23.2 Å². The minimum absolute atomic E-state index is 0.0475. The Morgan fingerprint density at radius 2 is 1.83 bits per heavy atom. The molecule has 0 aliphatic rings. The quantitative estimate of drug-likeness (QED) is 0.781. The normalized spacial score (nSPS) is 12.2. The average Bonchev–Trinajstić information content (AvgIpc) is 2.41. The van der Waals surface area contributed by atoms with Gasteiger partial charge in [-0.3, -0.25) is 9.78 Å². The van der Waals surface area contributed by atoms with Gasteiger partial charge in [-0.25, -0.2) is 0 Å². The molecular weight excluding hydrogens is 269 g/mol. The number of Topliss-reactive ketones (excluding diaryl/α,β-unsaturated/α-hetero) is 1. The van der Waals surface area contributed by atoms with Gasteiger partial charge in [0.1, 0.15) is 0 Å². The number of pyridine rings is 1. The maximum absolute atomic E-state index is 12.4. The number of halogens is 2. The van der Waals surface area contributed by atoms with Crippen LogP contribution in [0.2, 0.25) is 10.0 Å². The third kappa shape index (κ3) is 2.55. The van der Waals surface area contributed by atoms with Gasteiger partial charge in [0.2, 0.25) is 0 Å². The molecule has 0 bridgehead atoms. The van der Waals surface area contributed by atoms with Gasteiger partial charge in [-0.1, -0.05) is 36.2 Å². The van der Waals surface area contributed by atoms with Crippen molar-refractivity contribution in [2.45, 2.75) is 12.8 Å². The van der Waals surface area contributed by atoms with Gasteiger partial charge in [-0.05, 0) is 29.8 Å². The molecule has 2 aromatic rings. The van der Waals surface area contributed by atoms with Crippen molar-refractivity contribution in [3.8, 4) is 0 Å². The highest BCUT2D eigenvalue weighted by Crippen LogP contribution is 2.29. The van der Waals surface area contributed by atoms with Crippen molar-refractivity contribution in [3.05, 3.63) is 63.9 Å². The van der Waals surface area contributed by atoms with Crippen molar-refractivity contribution in [3.63, 3.8) is 0 Å². The minimum atomic E-state index is -0.274. The number of carbonyl (C=O) groups excluding carboxylic acids is 1. The number of benzene rings is 1. The minimum Gasteiger partial charge on any atom is -0.293 e. The van der Waals surface area contributed by atoms with E-state index in [-0.39, 0.29) is 11.7 Å². The number of carbonyl (C=O) groups is 1. The Balaban J connectivity index is 2.35. The molecule has 1 aromatic heterocycles. The summed E-state index contributed by atoms with van der Waals surface area (Å²) in [7, 11) is 0. The van der Waals surface area contributed by atoms with Crippen molar-refractivity contribution in [1.29, 1.82) is 0 Å². The predicted octanol–water partition coefficient (Wildman–Crippen LogP) is 4.37. The van der Waals surface area contributed by atoms with Gasteiger partial charge in [0.15, 0.2) is 5.78 Å². The van der Waals surface area contributed by atoms with Crippen molar-refractivity contribution in [2.75, 3.05) is 0 Å². The van der Waals surface area contributed by atoms with Crippen molar-refractivity contribution in [2.24, 2.45) is 0 Å². The zero-order chi connectivity index (χ0) is 13.1. The molecule has 1 atom stereocenters. The Morgan fingerprint density at radius 1 is 1.17 bits per heavy atom. The average molecular weight is 280 g/mol. The number of hydrogen-bond acceptors (Lipinski definition) is 2. The summed E-state index contributed by atoms with van der Waals surface area (Å²) in [5.41, 5.74) is 1.36. The highest BCUT2D eigenvalue weighted by molar-refractivity contribution is 6.44. The molecule has 4 heteroatoms. The van der Waals surface area contributed by atoms with E-state index in [1.54, 1.807) is 30.6 Å². The second-order valence-electron chi connectivity index (χ2n) is 3.97. The zero-order valence-corrected chi connectivity index (χ0v) is 11.2. The van der Waals surface area contributed by atoms with E-state index in [2.05, 4.69) is 4.98 Å². The molecule has 0 amide bonds. The summed E-state index contributed by atoms with van der Waals surface area (Å²) in [5, 5.41) is 0.703. The lowest BCUT2D eigenvalue weighted by molar-refractivity contribution is 0.0966. The number of rotatable bonds is 3. The highest BCUT2D eigenvalue weighted by Gasteiger charge is 2.20. The Bertz CT molecular complexity index is 569. The van der Waals surface area contributed by atoms with Crippen molar-refractivity contribution < 1.29 is 4.79 Å². The third-order valence-electron chi connectivity index (χ3n) is 2.82. The lowest BCUT2D eigenvalue weighted by atomic mass is 9.93. The number of nitrogens with zero attached hydrogens (tertiary/aromatic N) is 1. The van der Waals surface area contributed by atoms with Crippen LogP contribution in [-0.2, 0) is 0 Å². The molecule has 92 valence electrons. The van der Waals surface area contributed by atoms with Gasteiger partial charge in [-0.2, -0.15) is 0 Å². The fourth-order valence-corrected chi connectivity index (χ4v) is 2.12. The van der Waals surface area contributed by atoms with Gasteiger partial charge >= 0.3 is 0 Å². The Kier molecular flexibility index (Phi) is 4.00. The standard InChI is InChI=1S/C14H11Cl2NO/c1-9(10-5-7-17-8-6-10)14(18)11-3-2-4-12(15)13(11)16/h2-9H,1H3. The summed E-state index contributed by atoms with van der Waals surface area (Å²) in [6, 6.07) is 8.72. The van der Waals surface area contributed by atoms with E-state index in [9.17, 15) is 4.79 Å². The molecule has 0 saturated heterocycles. The van der Waals surface area contributed by atoms with Crippen LogP contribution >= 0.6 is 23.2 Å². The zero-order valence-electron chi connectivity index (χ0n) is 9.73. The first-order chi connectivity index (χ1) is 8.61.